The highest BCUT2D eigenvalue weighted by Gasteiger charge is 2.33. The lowest BCUT2D eigenvalue weighted by atomic mass is 10.1. The molecular weight excluding hydrogens is 307 g/mol. The smallest absolute Gasteiger partial charge is 0.350 e. The second kappa shape index (κ2) is 6.62. The molecule has 1 heterocycles. The second-order valence-electron chi connectivity index (χ2n) is 5.04. The summed E-state index contributed by atoms with van der Waals surface area (Å²) < 4.78 is 37.4. The van der Waals surface area contributed by atoms with Crippen LogP contribution in [0.4, 0.5) is 13.2 Å². The van der Waals surface area contributed by atoms with Gasteiger partial charge in [0.2, 0.25) is 0 Å². The van der Waals surface area contributed by atoms with E-state index in [1.54, 1.807) is 0 Å². The van der Waals surface area contributed by atoms with Gasteiger partial charge in [0, 0.05) is 12.6 Å². The molecule has 118 valence electrons. The first-order chi connectivity index (χ1) is 9.29. The lowest BCUT2D eigenvalue weighted by molar-refractivity contribution is -0.141. The normalized spacial score (nSPS) is 16.0. The third kappa shape index (κ3) is 4.57. The van der Waals surface area contributed by atoms with E-state index >= 15 is 0 Å². The van der Waals surface area contributed by atoms with Gasteiger partial charge in [-0.1, -0.05) is 0 Å². The molecule has 1 saturated carbocycles. The number of nitrogens with zero attached hydrogens (tertiary/aromatic N) is 1. The third-order valence-electron chi connectivity index (χ3n) is 3.35. The summed E-state index contributed by atoms with van der Waals surface area (Å²) >= 11 is 0. The predicted octanol–water partition coefficient (Wildman–Crippen LogP) is 2.30. The van der Waals surface area contributed by atoms with Crippen LogP contribution in [0.25, 0.3) is 0 Å². The summed E-state index contributed by atoms with van der Waals surface area (Å²) in [6.45, 7) is 1.70. The van der Waals surface area contributed by atoms with Crippen LogP contribution >= 0.6 is 12.4 Å². The third-order valence-corrected chi connectivity index (χ3v) is 3.35. The molecule has 1 aromatic heterocycles. The highest BCUT2D eigenvalue weighted by molar-refractivity contribution is 5.95. The highest BCUT2D eigenvalue weighted by atomic mass is 35.5. The summed E-state index contributed by atoms with van der Waals surface area (Å²) in [5.41, 5.74) is 5.04. The SMILES string of the molecule is Cc1nc(C(F)(F)F)ccc1C(=O)NCC(N)C1CC1.Cl. The number of aromatic nitrogens is 1. The van der Waals surface area contributed by atoms with Crippen molar-refractivity contribution in [3.8, 4) is 0 Å². The number of hydrogen-bond donors (Lipinski definition) is 2. The van der Waals surface area contributed by atoms with Crippen LogP contribution in [-0.2, 0) is 6.18 Å². The van der Waals surface area contributed by atoms with Gasteiger partial charge in [-0.2, -0.15) is 13.2 Å². The molecule has 1 fully saturated rings. The number of pyridine rings is 1. The molecule has 0 spiro atoms. The quantitative estimate of drug-likeness (QED) is 0.893. The topological polar surface area (TPSA) is 68.0 Å². The van der Waals surface area contributed by atoms with Gasteiger partial charge in [-0.05, 0) is 37.8 Å². The molecule has 0 bridgehead atoms. The molecule has 0 saturated heterocycles. The number of carbonyl (C=O) groups excluding carboxylic acids is 1. The first-order valence-electron chi connectivity index (χ1n) is 6.37. The number of carbonyl (C=O) groups is 1. The maximum Gasteiger partial charge on any atom is 0.433 e. The van der Waals surface area contributed by atoms with Gasteiger partial charge in [0.05, 0.1) is 11.3 Å². The summed E-state index contributed by atoms with van der Waals surface area (Å²) in [5, 5.41) is 2.63. The molecular formula is C13H17ClF3N3O. The number of aryl methyl sites for hydroxylation is 1. The number of nitrogens with two attached hydrogens (primary N) is 1. The number of amides is 1. The summed E-state index contributed by atoms with van der Waals surface area (Å²) in [6.07, 6.45) is -2.37. The van der Waals surface area contributed by atoms with Crippen LogP contribution in [0.15, 0.2) is 12.1 Å². The molecule has 1 atom stereocenters. The van der Waals surface area contributed by atoms with E-state index in [-0.39, 0.29) is 29.7 Å². The van der Waals surface area contributed by atoms with Gasteiger partial charge < -0.3 is 11.1 Å². The summed E-state index contributed by atoms with van der Waals surface area (Å²) in [4.78, 5) is 15.3. The van der Waals surface area contributed by atoms with Crippen LogP contribution in [-0.4, -0.2) is 23.5 Å². The first-order valence-corrected chi connectivity index (χ1v) is 6.37. The zero-order valence-corrected chi connectivity index (χ0v) is 12.2. The van der Waals surface area contributed by atoms with E-state index in [2.05, 4.69) is 10.3 Å². The van der Waals surface area contributed by atoms with Gasteiger partial charge in [-0.25, -0.2) is 4.98 Å². The van der Waals surface area contributed by atoms with Crippen molar-refractivity contribution in [2.45, 2.75) is 32.0 Å². The fourth-order valence-corrected chi connectivity index (χ4v) is 1.96. The van der Waals surface area contributed by atoms with Crippen LogP contribution in [0.2, 0.25) is 0 Å². The highest BCUT2D eigenvalue weighted by Crippen LogP contribution is 2.31. The lowest BCUT2D eigenvalue weighted by Gasteiger charge is -2.13. The summed E-state index contributed by atoms with van der Waals surface area (Å²) in [7, 11) is 0. The Kier molecular flexibility index (Phi) is 5.58. The average molecular weight is 324 g/mol. The Bertz CT molecular complexity index is 518. The molecule has 8 heteroatoms. The molecule has 2 rings (SSSR count). The van der Waals surface area contributed by atoms with E-state index in [0.717, 1.165) is 25.0 Å². The number of halogens is 4. The van der Waals surface area contributed by atoms with Crippen LogP contribution in [0.1, 0.15) is 34.6 Å². The van der Waals surface area contributed by atoms with E-state index in [4.69, 9.17) is 5.73 Å². The molecule has 0 aliphatic heterocycles. The monoisotopic (exact) mass is 323 g/mol. The first kappa shape index (κ1) is 17.7. The van der Waals surface area contributed by atoms with Gasteiger partial charge >= 0.3 is 6.18 Å². The van der Waals surface area contributed by atoms with Crippen LogP contribution in [0, 0.1) is 12.8 Å². The Balaban J connectivity index is 0.00000220. The predicted molar refractivity (Wildman–Crippen MR) is 74.3 cm³/mol. The molecule has 1 aliphatic carbocycles. The van der Waals surface area contributed by atoms with Crippen molar-refractivity contribution in [3.05, 3.63) is 29.1 Å². The molecule has 1 unspecified atom stereocenters. The van der Waals surface area contributed by atoms with Gasteiger partial charge in [0.25, 0.3) is 5.91 Å². The van der Waals surface area contributed by atoms with E-state index in [1.165, 1.54) is 6.92 Å². The van der Waals surface area contributed by atoms with Gasteiger partial charge in [-0.15, -0.1) is 12.4 Å². The maximum atomic E-state index is 12.5. The molecule has 1 aromatic rings. The van der Waals surface area contributed by atoms with Crippen molar-refractivity contribution in [1.82, 2.24) is 10.3 Å². The van der Waals surface area contributed by atoms with Crippen molar-refractivity contribution < 1.29 is 18.0 Å². The summed E-state index contributed by atoms with van der Waals surface area (Å²) in [5.74, 6) is 0.00181. The van der Waals surface area contributed by atoms with Crippen molar-refractivity contribution in [2.24, 2.45) is 11.7 Å². The minimum Gasteiger partial charge on any atom is -0.350 e. The fourth-order valence-electron chi connectivity index (χ4n) is 1.96. The van der Waals surface area contributed by atoms with E-state index in [9.17, 15) is 18.0 Å². The van der Waals surface area contributed by atoms with E-state index in [0.29, 0.717) is 12.5 Å². The number of alkyl halides is 3. The standard InChI is InChI=1S/C13H16F3N3O.ClH/c1-7-9(4-5-11(19-7)13(14,15)16)12(20)18-6-10(17)8-2-3-8;/h4-5,8,10H,2-3,6,17H2,1H3,(H,18,20);1H. The summed E-state index contributed by atoms with van der Waals surface area (Å²) in [6, 6.07) is 1.85. The fraction of sp³-hybridized carbons (Fsp3) is 0.538. The van der Waals surface area contributed by atoms with E-state index in [1.807, 2.05) is 0 Å². The Morgan fingerprint density at radius 2 is 2.10 bits per heavy atom. The Labute approximate surface area is 126 Å². The number of rotatable bonds is 4. The molecule has 3 N–H and O–H groups in total. The van der Waals surface area contributed by atoms with Crippen molar-refractivity contribution in [2.75, 3.05) is 6.54 Å². The minimum absolute atomic E-state index is 0. The van der Waals surface area contributed by atoms with Gasteiger partial charge in [-0.3, -0.25) is 4.79 Å². The second-order valence-corrected chi connectivity index (χ2v) is 5.04. The van der Waals surface area contributed by atoms with Crippen molar-refractivity contribution in [1.29, 1.82) is 0 Å². The molecule has 4 nitrogen and oxygen atoms in total. The number of nitrogens with one attached hydrogen (secondary N) is 1. The molecule has 1 amide bonds. The van der Waals surface area contributed by atoms with Crippen LogP contribution in [0.5, 0.6) is 0 Å². The van der Waals surface area contributed by atoms with Crippen molar-refractivity contribution >= 4 is 18.3 Å². The number of hydrogen-bond acceptors (Lipinski definition) is 3. The zero-order chi connectivity index (χ0) is 14.9. The Morgan fingerprint density at radius 1 is 1.48 bits per heavy atom. The van der Waals surface area contributed by atoms with E-state index < -0.39 is 17.8 Å². The van der Waals surface area contributed by atoms with Crippen molar-refractivity contribution in [3.63, 3.8) is 0 Å². The average Bonchev–Trinajstić information content (AvgIpc) is 3.18. The molecule has 0 radical (unpaired) electrons. The van der Waals surface area contributed by atoms with Gasteiger partial charge in [0.1, 0.15) is 5.69 Å². The van der Waals surface area contributed by atoms with Crippen LogP contribution in [0.3, 0.4) is 0 Å². The molecule has 0 aromatic carbocycles. The maximum absolute atomic E-state index is 12.5. The van der Waals surface area contributed by atoms with Crippen LogP contribution < -0.4 is 11.1 Å². The molecule has 1 aliphatic rings. The minimum atomic E-state index is -4.51. The Hall–Kier alpha value is -1.34. The largest absolute Gasteiger partial charge is 0.433 e. The zero-order valence-electron chi connectivity index (χ0n) is 11.4. The Morgan fingerprint density at radius 3 is 2.57 bits per heavy atom. The molecule has 21 heavy (non-hydrogen) atoms. The van der Waals surface area contributed by atoms with Gasteiger partial charge in [0.15, 0.2) is 0 Å². The lowest BCUT2D eigenvalue weighted by Crippen LogP contribution is -2.38.